The van der Waals surface area contributed by atoms with E-state index in [0.717, 1.165) is 37.7 Å². The maximum absolute atomic E-state index is 12.3. The van der Waals surface area contributed by atoms with E-state index in [1.807, 2.05) is 24.3 Å². The van der Waals surface area contributed by atoms with Gasteiger partial charge in [-0.15, -0.1) is 0 Å². The van der Waals surface area contributed by atoms with E-state index in [1.165, 1.54) is 28.7 Å². The number of rotatable bonds is 6. The summed E-state index contributed by atoms with van der Waals surface area (Å²) in [5, 5.41) is 12.1. The smallest absolute Gasteiger partial charge is 0.408 e. The van der Waals surface area contributed by atoms with Crippen LogP contribution in [0.15, 0.2) is 42.5 Å². The first kappa shape index (κ1) is 19.5. The largest absolute Gasteiger partial charge is 0.480 e. The van der Waals surface area contributed by atoms with Crippen LogP contribution in [0, 0.1) is 5.92 Å². The van der Waals surface area contributed by atoms with Crippen LogP contribution >= 0.6 is 0 Å². The molecular formula is C24H27NO4. The molecule has 2 aliphatic carbocycles. The van der Waals surface area contributed by atoms with Crippen molar-refractivity contribution in [1.29, 1.82) is 0 Å². The van der Waals surface area contributed by atoms with Gasteiger partial charge in [0.25, 0.3) is 0 Å². The second-order valence-corrected chi connectivity index (χ2v) is 8.13. The van der Waals surface area contributed by atoms with Crippen molar-refractivity contribution in [2.45, 2.75) is 57.6 Å². The van der Waals surface area contributed by atoms with Crippen LogP contribution in [0.3, 0.4) is 0 Å². The fraction of sp³-hybridized carbons (Fsp3) is 0.417. The van der Waals surface area contributed by atoms with Gasteiger partial charge in [-0.1, -0.05) is 74.6 Å². The molecule has 5 heteroatoms. The van der Waals surface area contributed by atoms with E-state index in [9.17, 15) is 14.7 Å². The first-order valence-corrected chi connectivity index (χ1v) is 10.5. The summed E-state index contributed by atoms with van der Waals surface area (Å²) in [5.41, 5.74) is 5.83. The maximum Gasteiger partial charge on any atom is 0.408 e. The molecule has 2 aliphatic rings. The van der Waals surface area contributed by atoms with Crippen LogP contribution in [0.1, 0.15) is 55.2 Å². The standard InChI is InChI=1S/C24H27NO4/c26-23(27)22(13-16-7-2-1-3-8-16)25-24(28)29-15-18-10-6-12-20-19-11-5-4-9-17(19)14-21(18)20/h4-6,9-12,16,22H,1-3,7-8,13-15H2,(H,25,28)(H,26,27)/t22-/m0/s1. The summed E-state index contributed by atoms with van der Waals surface area (Å²) in [4.78, 5) is 23.9. The second kappa shape index (κ2) is 8.68. The molecule has 2 aromatic carbocycles. The Morgan fingerprint density at radius 3 is 2.59 bits per heavy atom. The number of fused-ring (bicyclic) bond motifs is 3. The Balaban J connectivity index is 1.37. The zero-order valence-electron chi connectivity index (χ0n) is 16.5. The molecular weight excluding hydrogens is 366 g/mol. The molecule has 0 unspecified atom stereocenters. The summed E-state index contributed by atoms with van der Waals surface area (Å²) in [5.74, 6) is -0.635. The Bertz CT molecular complexity index is 902. The molecule has 5 nitrogen and oxygen atoms in total. The molecule has 0 aromatic heterocycles. The third-order valence-corrected chi connectivity index (χ3v) is 6.19. The quantitative estimate of drug-likeness (QED) is 0.624. The van der Waals surface area contributed by atoms with Gasteiger partial charge in [-0.3, -0.25) is 0 Å². The maximum atomic E-state index is 12.3. The number of carboxylic acids is 1. The van der Waals surface area contributed by atoms with Gasteiger partial charge in [-0.25, -0.2) is 9.59 Å². The van der Waals surface area contributed by atoms with Crippen molar-refractivity contribution < 1.29 is 19.4 Å². The molecule has 0 bridgehead atoms. The molecule has 1 amide bonds. The molecule has 1 saturated carbocycles. The number of amides is 1. The number of alkyl carbamates (subject to hydrolysis) is 1. The lowest BCUT2D eigenvalue weighted by molar-refractivity contribution is -0.139. The minimum atomic E-state index is -0.997. The third kappa shape index (κ3) is 4.44. The van der Waals surface area contributed by atoms with Crippen molar-refractivity contribution in [3.8, 4) is 11.1 Å². The molecule has 1 atom stereocenters. The minimum Gasteiger partial charge on any atom is -0.480 e. The van der Waals surface area contributed by atoms with Crippen molar-refractivity contribution in [1.82, 2.24) is 5.32 Å². The van der Waals surface area contributed by atoms with Crippen molar-refractivity contribution >= 4 is 12.1 Å². The normalized spacial score (nSPS) is 16.6. The van der Waals surface area contributed by atoms with Gasteiger partial charge < -0.3 is 15.2 Å². The Morgan fingerprint density at radius 2 is 1.79 bits per heavy atom. The fourth-order valence-electron chi connectivity index (χ4n) is 4.66. The SMILES string of the molecule is O=C(N[C@@H](CC1CCCCC1)C(=O)O)OCc1cccc2c1Cc1ccccc1-2. The molecule has 2 aromatic rings. The number of benzene rings is 2. The molecule has 2 N–H and O–H groups in total. The zero-order valence-corrected chi connectivity index (χ0v) is 16.5. The first-order chi connectivity index (χ1) is 14.1. The van der Waals surface area contributed by atoms with Gasteiger partial charge in [0.1, 0.15) is 12.6 Å². The highest BCUT2D eigenvalue weighted by Crippen LogP contribution is 2.38. The number of carboxylic acid groups (broad SMARTS) is 1. The summed E-state index contributed by atoms with van der Waals surface area (Å²) in [6.07, 6.45) is 6.21. The van der Waals surface area contributed by atoms with Gasteiger partial charge in [0, 0.05) is 0 Å². The lowest BCUT2D eigenvalue weighted by Gasteiger charge is -2.24. The Morgan fingerprint density at radius 1 is 1.03 bits per heavy atom. The van der Waals surface area contributed by atoms with E-state index in [4.69, 9.17) is 4.74 Å². The number of hydrogen-bond acceptors (Lipinski definition) is 3. The molecule has 152 valence electrons. The highest BCUT2D eigenvalue weighted by atomic mass is 16.5. The average molecular weight is 393 g/mol. The molecule has 0 heterocycles. The van der Waals surface area contributed by atoms with Gasteiger partial charge in [-0.2, -0.15) is 0 Å². The van der Waals surface area contributed by atoms with Crippen LogP contribution in [0.25, 0.3) is 11.1 Å². The number of aliphatic carboxylic acids is 1. The van der Waals surface area contributed by atoms with Gasteiger partial charge in [0.2, 0.25) is 0 Å². The molecule has 4 rings (SSSR count). The van der Waals surface area contributed by atoms with Crippen molar-refractivity contribution in [3.63, 3.8) is 0 Å². The number of carbonyl (C=O) groups is 2. The topological polar surface area (TPSA) is 75.6 Å². The molecule has 0 aliphatic heterocycles. The molecule has 1 fully saturated rings. The lowest BCUT2D eigenvalue weighted by atomic mass is 9.85. The highest BCUT2D eigenvalue weighted by molar-refractivity contribution is 5.80. The van der Waals surface area contributed by atoms with Gasteiger partial charge in [-0.05, 0) is 46.6 Å². The molecule has 0 saturated heterocycles. The van der Waals surface area contributed by atoms with Crippen LogP contribution in [-0.4, -0.2) is 23.2 Å². The summed E-state index contributed by atoms with van der Waals surface area (Å²) in [6.45, 7) is 0.138. The van der Waals surface area contributed by atoms with Crippen LogP contribution in [0.2, 0.25) is 0 Å². The minimum absolute atomic E-state index is 0.138. The van der Waals surface area contributed by atoms with E-state index >= 15 is 0 Å². The Labute approximate surface area is 171 Å². The fourth-order valence-corrected chi connectivity index (χ4v) is 4.66. The molecule has 0 radical (unpaired) electrons. The van der Waals surface area contributed by atoms with Crippen LogP contribution < -0.4 is 5.32 Å². The number of ether oxygens (including phenoxy) is 1. The lowest BCUT2D eigenvalue weighted by Crippen LogP contribution is -2.42. The van der Waals surface area contributed by atoms with Crippen LogP contribution in [0.4, 0.5) is 4.79 Å². The summed E-state index contributed by atoms with van der Waals surface area (Å²) < 4.78 is 5.41. The van der Waals surface area contributed by atoms with Crippen LogP contribution in [-0.2, 0) is 22.6 Å². The highest BCUT2D eigenvalue weighted by Gasteiger charge is 2.26. The third-order valence-electron chi connectivity index (χ3n) is 6.19. The van der Waals surface area contributed by atoms with Gasteiger partial charge >= 0.3 is 12.1 Å². The van der Waals surface area contributed by atoms with Gasteiger partial charge in [0.15, 0.2) is 0 Å². The van der Waals surface area contributed by atoms with Crippen molar-refractivity contribution in [3.05, 3.63) is 59.2 Å². The summed E-state index contributed by atoms with van der Waals surface area (Å²) in [7, 11) is 0. The first-order valence-electron chi connectivity index (χ1n) is 10.5. The van der Waals surface area contributed by atoms with E-state index in [2.05, 4.69) is 23.5 Å². The van der Waals surface area contributed by atoms with E-state index in [0.29, 0.717) is 12.3 Å². The summed E-state index contributed by atoms with van der Waals surface area (Å²) >= 11 is 0. The monoisotopic (exact) mass is 393 g/mol. The predicted octanol–water partition coefficient (Wildman–Crippen LogP) is 4.91. The predicted molar refractivity (Wildman–Crippen MR) is 111 cm³/mol. The van der Waals surface area contributed by atoms with Gasteiger partial charge in [0.05, 0.1) is 0 Å². The molecule has 0 spiro atoms. The number of nitrogens with one attached hydrogen (secondary N) is 1. The zero-order chi connectivity index (χ0) is 20.2. The van der Waals surface area contributed by atoms with E-state index < -0.39 is 18.1 Å². The van der Waals surface area contributed by atoms with E-state index in [-0.39, 0.29) is 6.61 Å². The summed E-state index contributed by atoms with van der Waals surface area (Å²) in [6, 6.07) is 13.4. The Hall–Kier alpha value is -2.82. The van der Waals surface area contributed by atoms with E-state index in [1.54, 1.807) is 0 Å². The molecule has 29 heavy (non-hydrogen) atoms. The average Bonchev–Trinajstić information content (AvgIpc) is 3.12. The second-order valence-electron chi connectivity index (χ2n) is 8.13. The van der Waals surface area contributed by atoms with Crippen molar-refractivity contribution in [2.24, 2.45) is 5.92 Å². The van der Waals surface area contributed by atoms with Crippen molar-refractivity contribution in [2.75, 3.05) is 0 Å². The number of hydrogen-bond donors (Lipinski definition) is 2. The van der Waals surface area contributed by atoms with Crippen LogP contribution in [0.5, 0.6) is 0 Å². The number of carbonyl (C=O) groups excluding carboxylic acids is 1. The Kier molecular flexibility index (Phi) is 5.84.